The Morgan fingerprint density at radius 3 is 1.59 bits per heavy atom. The van der Waals surface area contributed by atoms with Gasteiger partial charge in [0, 0.05) is 32.2 Å². The monoisotopic (exact) mass is 386 g/mol. The molecule has 0 unspecified atom stereocenters. The molecule has 0 amide bonds. The lowest BCUT2D eigenvalue weighted by molar-refractivity contribution is 0.117. The Labute approximate surface area is 163 Å². The molecule has 0 N–H and O–H groups in total. The summed E-state index contributed by atoms with van der Waals surface area (Å²) in [6.07, 6.45) is 5.22. The van der Waals surface area contributed by atoms with Crippen LogP contribution in [0.4, 0.5) is 0 Å². The van der Waals surface area contributed by atoms with Crippen LogP contribution in [0.1, 0.15) is 36.8 Å². The lowest BCUT2D eigenvalue weighted by atomic mass is 9.89. The number of nitrogens with zero attached hydrogens (tertiary/aromatic N) is 2. The molecule has 0 aromatic heterocycles. The molecule has 3 rings (SSSR count). The summed E-state index contributed by atoms with van der Waals surface area (Å²) in [6.45, 7) is 1.85. The van der Waals surface area contributed by atoms with Gasteiger partial charge in [-0.2, -0.15) is 0 Å². The molecule has 2 aromatic carbocycles. The Hall–Kier alpha value is -1.69. The molecule has 146 valence electrons. The summed E-state index contributed by atoms with van der Waals surface area (Å²) in [7, 11) is -1.40. The van der Waals surface area contributed by atoms with E-state index in [4.69, 9.17) is 0 Å². The molecule has 0 heterocycles. The molecule has 0 aliphatic heterocycles. The minimum atomic E-state index is -3.12. The van der Waals surface area contributed by atoms with Crippen LogP contribution in [0.25, 0.3) is 0 Å². The quantitative estimate of drug-likeness (QED) is 0.725. The van der Waals surface area contributed by atoms with E-state index >= 15 is 0 Å². The zero-order chi connectivity index (χ0) is 19.3. The molecular weight excluding hydrogens is 356 g/mol. The summed E-state index contributed by atoms with van der Waals surface area (Å²) in [5, 5.41) is 0. The van der Waals surface area contributed by atoms with Crippen LogP contribution in [0.2, 0.25) is 0 Å². The van der Waals surface area contributed by atoms with Crippen LogP contribution < -0.4 is 0 Å². The van der Waals surface area contributed by atoms with Gasteiger partial charge in [0.15, 0.2) is 0 Å². The fourth-order valence-corrected chi connectivity index (χ4v) is 4.76. The maximum Gasteiger partial charge on any atom is 0.211 e. The van der Waals surface area contributed by atoms with Gasteiger partial charge in [-0.15, -0.1) is 0 Å². The summed E-state index contributed by atoms with van der Waals surface area (Å²) in [6, 6.07) is 21.8. The fourth-order valence-electron chi connectivity index (χ4n) is 4.01. The molecule has 0 radical (unpaired) electrons. The van der Waals surface area contributed by atoms with Crippen LogP contribution in [0.5, 0.6) is 0 Å². The largest absolute Gasteiger partial charge is 0.292 e. The highest BCUT2D eigenvalue weighted by Gasteiger charge is 2.30. The average molecular weight is 387 g/mol. The third-order valence-corrected chi connectivity index (χ3v) is 7.02. The van der Waals surface area contributed by atoms with E-state index in [9.17, 15) is 8.42 Å². The zero-order valence-electron chi connectivity index (χ0n) is 16.3. The zero-order valence-corrected chi connectivity index (χ0v) is 17.1. The van der Waals surface area contributed by atoms with Crippen molar-refractivity contribution >= 4 is 10.0 Å². The maximum absolute atomic E-state index is 11.8. The van der Waals surface area contributed by atoms with Gasteiger partial charge in [-0.3, -0.25) is 4.90 Å². The number of benzene rings is 2. The lowest BCUT2D eigenvalue weighted by Crippen LogP contribution is -2.44. The topological polar surface area (TPSA) is 40.6 Å². The number of sulfonamides is 1. The average Bonchev–Trinajstić information content (AvgIpc) is 2.68. The highest BCUT2D eigenvalue weighted by molar-refractivity contribution is 7.88. The molecule has 1 aliphatic carbocycles. The van der Waals surface area contributed by atoms with Crippen molar-refractivity contribution in [3.63, 3.8) is 0 Å². The van der Waals surface area contributed by atoms with Crippen molar-refractivity contribution in [1.82, 2.24) is 9.21 Å². The van der Waals surface area contributed by atoms with E-state index in [1.54, 1.807) is 11.4 Å². The first-order chi connectivity index (χ1) is 12.9. The Balaban J connectivity index is 1.69. The predicted molar refractivity (Wildman–Crippen MR) is 111 cm³/mol. The first-order valence-electron chi connectivity index (χ1n) is 9.68. The Bertz CT molecular complexity index is 759. The van der Waals surface area contributed by atoms with E-state index in [1.807, 2.05) is 0 Å². The Morgan fingerprint density at radius 1 is 0.778 bits per heavy atom. The van der Waals surface area contributed by atoms with Gasteiger partial charge in [-0.25, -0.2) is 12.7 Å². The van der Waals surface area contributed by atoms with Gasteiger partial charge in [0.1, 0.15) is 0 Å². The summed E-state index contributed by atoms with van der Waals surface area (Å²) in [5.41, 5.74) is 2.65. The predicted octanol–water partition coefficient (Wildman–Crippen LogP) is 3.89. The van der Waals surface area contributed by atoms with Gasteiger partial charge in [-0.05, 0) is 36.8 Å². The lowest BCUT2D eigenvalue weighted by Gasteiger charge is -2.39. The van der Waals surface area contributed by atoms with Crippen LogP contribution in [0.3, 0.4) is 0 Å². The Kier molecular flexibility index (Phi) is 6.68. The number of hydrogen-bond acceptors (Lipinski definition) is 3. The molecule has 1 saturated carbocycles. The van der Waals surface area contributed by atoms with Gasteiger partial charge >= 0.3 is 0 Å². The normalized spacial score (nSPS) is 20.9. The maximum atomic E-state index is 11.8. The van der Waals surface area contributed by atoms with E-state index in [-0.39, 0.29) is 6.04 Å². The molecule has 5 heteroatoms. The second-order valence-electron chi connectivity index (χ2n) is 7.62. The van der Waals surface area contributed by atoms with Crippen molar-refractivity contribution in [2.24, 2.45) is 0 Å². The highest BCUT2D eigenvalue weighted by atomic mass is 32.2. The molecule has 2 aromatic rings. The molecule has 0 atom stereocenters. The standard InChI is InChI=1S/C22H30N2O2S/c1-23(27(2,25)26)21-13-15-22(16-14-21)24(17-19-9-5-3-6-10-19)18-20-11-7-4-8-12-20/h3-12,21-22H,13-18H2,1-2H3. The summed E-state index contributed by atoms with van der Waals surface area (Å²) in [5.74, 6) is 0. The third-order valence-electron chi connectivity index (χ3n) is 5.68. The minimum Gasteiger partial charge on any atom is -0.292 e. The molecular formula is C22H30N2O2S. The van der Waals surface area contributed by atoms with Crippen molar-refractivity contribution in [1.29, 1.82) is 0 Å². The summed E-state index contributed by atoms with van der Waals surface area (Å²) >= 11 is 0. The Morgan fingerprint density at radius 2 is 1.19 bits per heavy atom. The number of rotatable bonds is 7. The highest BCUT2D eigenvalue weighted by Crippen LogP contribution is 2.29. The van der Waals surface area contributed by atoms with Crippen LogP contribution >= 0.6 is 0 Å². The van der Waals surface area contributed by atoms with Gasteiger partial charge < -0.3 is 0 Å². The van der Waals surface area contributed by atoms with Gasteiger partial charge in [0.2, 0.25) is 10.0 Å². The van der Waals surface area contributed by atoms with E-state index in [2.05, 4.69) is 65.6 Å². The van der Waals surface area contributed by atoms with E-state index in [1.165, 1.54) is 17.4 Å². The molecule has 4 nitrogen and oxygen atoms in total. The van der Waals surface area contributed by atoms with Gasteiger partial charge in [-0.1, -0.05) is 60.7 Å². The summed E-state index contributed by atoms with van der Waals surface area (Å²) < 4.78 is 25.2. The molecule has 0 bridgehead atoms. The minimum absolute atomic E-state index is 0.131. The van der Waals surface area contributed by atoms with Gasteiger partial charge in [0.25, 0.3) is 0 Å². The molecule has 0 spiro atoms. The van der Waals surface area contributed by atoms with Crippen LogP contribution in [0, 0.1) is 0 Å². The van der Waals surface area contributed by atoms with Crippen LogP contribution in [0.15, 0.2) is 60.7 Å². The van der Waals surface area contributed by atoms with Crippen molar-refractivity contribution in [3.05, 3.63) is 71.8 Å². The van der Waals surface area contributed by atoms with Gasteiger partial charge in [0.05, 0.1) is 6.26 Å². The SMILES string of the molecule is CN(C1CCC(N(Cc2ccccc2)Cc2ccccc2)CC1)S(C)(=O)=O. The molecule has 0 saturated heterocycles. The van der Waals surface area contributed by atoms with Crippen molar-refractivity contribution in [2.45, 2.75) is 50.9 Å². The van der Waals surface area contributed by atoms with Crippen molar-refractivity contribution in [3.8, 4) is 0 Å². The molecule has 1 aliphatic rings. The number of hydrogen-bond donors (Lipinski definition) is 0. The smallest absolute Gasteiger partial charge is 0.211 e. The third kappa shape index (κ3) is 5.64. The van der Waals surface area contributed by atoms with Crippen LogP contribution in [-0.4, -0.2) is 43.0 Å². The molecule has 1 fully saturated rings. The van der Waals surface area contributed by atoms with E-state index in [0.717, 1.165) is 38.8 Å². The van der Waals surface area contributed by atoms with Crippen molar-refractivity contribution < 1.29 is 8.42 Å². The second-order valence-corrected chi connectivity index (χ2v) is 9.66. The second kappa shape index (κ2) is 9.00. The molecule has 27 heavy (non-hydrogen) atoms. The van der Waals surface area contributed by atoms with E-state index < -0.39 is 10.0 Å². The van der Waals surface area contributed by atoms with Crippen LogP contribution in [-0.2, 0) is 23.1 Å². The van der Waals surface area contributed by atoms with E-state index in [0.29, 0.717) is 6.04 Å². The summed E-state index contributed by atoms with van der Waals surface area (Å²) in [4.78, 5) is 2.56. The first-order valence-corrected chi connectivity index (χ1v) is 11.5. The van der Waals surface area contributed by atoms with Crippen molar-refractivity contribution in [2.75, 3.05) is 13.3 Å². The fraction of sp³-hybridized carbons (Fsp3) is 0.455. The first kappa shape index (κ1) is 20.1.